The highest BCUT2D eigenvalue weighted by Gasteiger charge is 2.11. The third-order valence-electron chi connectivity index (χ3n) is 3.08. The van der Waals surface area contributed by atoms with Crippen molar-refractivity contribution in [2.24, 2.45) is 0 Å². The molecule has 17 heavy (non-hydrogen) atoms. The summed E-state index contributed by atoms with van der Waals surface area (Å²) in [7, 11) is 0. The summed E-state index contributed by atoms with van der Waals surface area (Å²) in [5, 5.41) is 3.62. The molecule has 2 unspecified atom stereocenters. The molecule has 2 atom stereocenters. The van der Waals surface area contributed by atoms with Gasteiger partial charge in [-0.15, -0.1) is 0 Å². The van der Waals surface area contributed by atoms with Gasteiger partial charge in [0.15, 0.2) is 0 Å². The number of rotatable bonds is 8. The van der Waals surface area contributed by atoms with Crippen LogP contribution in [0, 0.1) is 0 Å². The molecule has 0 spiro atoms. The fourth-order valence-electron chi connectivity index (χ4n) is 2.20. The van der Waals surface area contributed by atoms with Gasteiger partial charge in [-0.25, -0.2) is 0 Å². The Morgan fingerprint density at radius 3 is 2.47 bits per heavy atom. The van der Waals surface area contributed by atoms with Crippen molar-refractivity contribution in [3.05, 3.63) is 24.2 Å². The van der Waals surface area contributed by atoms with Gasteiger partial charge in [0.1, 0.15) is 5.76 Å². The van der Waals surface area contributed by atoms with E-state index in [1.165, 1.54) is 0 Å². The summed E-state index contributed by atoms with van der Waals surface area (Å²) < 4.78 is 5.36. The van der Waals surface area contributed by atoms with Gasteiger partial charge >= 0.3 is 0 Å². The second-order valence-electron chi connectivity index (χ2n) is 4.74. The van der Waals surface area contributed by atoms with Crippen LogP contribution in [0.1, 0.15) is 33.5 Å². The summed E-state index contributed by atoms with van der Waals surface area (Å²) in [6.45, 7) is 12.2. The molecule has 0 radical (unpaired) electrons. The lowest BCUT2D eigenvalue weighted by molar-refractivity contribution is 0.261. The largest absolute Gasteiger partial charge is 0.469 e. The van der Waals surface area contributed by atoms with Gasteiger partial charge in [0.25, 0.3) is 0 Å². The first kappa shape index (κ1) is 14.3. The van der Waals surface area contributed by atoms with Crippen LogP contribution in [0.15, 0.2) is 22.8 Å². The standard InChI is InChI=1S/C14H26N2O/c1-5-16(6-2)11-13(4)15-12(3)10-14-8-7-9-17-14/h7-9,12-13,15H,5-6,10-11H2,1-4H3. The maximum atomic E-state index is 5.36. The van der Waals surface area contributed by atoms with Gasteiger partial charge in [0.05, 0.1) is 6.26 Å². The zero-order valence-corrected chi connectivity index (χ0v) is 11.6. The van der Waals surface area contributed by atoms with Crippen molar-refractivity contribution in [3.8, 4) is 0 Å². The van der Waals surface area contributed by atoms with Crippen LogP contribution in [0.5, 0.6) is 0 Å². The fourth-order valence-corrected chi connectivity index (χ4v) is 2.20. The van der Waals surface area contributed by atoms with Crippen LogP contribution in [-0.2, 0) is 6.42 Å². The third kappa shape index (κ3) is 5.37. The van der Waals surface area contributed by atoms with Crippen LogP contribution in [0.2, 0.25) is 0 Å². The van der Waals surface area contributed by atoms with E-state index in [0.29, 0.717) is 12.1 Å². The van der Waals surface area contributed by atoms with Crippen LogP contribution in [0.4, 0.5) is 0 Å². The molecule has 1 aromatic heterocycles. The molecule has 0 amide bonds. The zero-order valence-electron chi connectivity index (χ0n) is 11.6. The predicted octanol–water partition coefficient (Wildman–Crippen LogP) is 2.53. The van der Waals surface area contributed by atoms with Gasteiger partial charge in [-0.2, -0.15) is 0 Å². The van der Waals surface area contributed by atoms with Crippen LogP contribution in [0.25, 0.3) is 0 Å². The highest BCUT2D eigenvalue weighted by molar-refractivity contribution is 5.00. The molecule has 0 bridgehead atoms. The lowest BCUT2D eigenvalue weighted by Crippen LogP contribution is -2.43. The Bertz CT molecular complexity index is 280. The van der Waals surface area contributed by atoms with Gasteiger partial charge in [-0.1, -0.05) is 13.8 Å². The van der Waals surface area contributed by atoms with Gasteiger partial charge in [0, 0.05) is 25.0 Å². The SMILES string of the molecule is CCN(CC)CC(C)NC(C)Cc1ccco1. The monoisotopic (exact) mass is 238 g/mol. The van der Waals surface area contributed by atoms with Crippen molar-refractivity contribution in [1.29, 1.82) is 0 Å². The first-order chi connectivity index (χ1) is 8.15. The quantitative estimate of drug-likeness (QED) is 0.754. The molecular weight excluding hydrogens is 212 g/mol. The van der Waals surface area contributed by atoms with Crippen molar-refractivity contribution in [2.45, 2.75) is 46.2 Å². The average Bonchev–Trinajstić information content (AvgIpc) is 2.78. The Morgan fingerprint density at radius 1 is 1.24 bits per heavy atom. The molecule has 98 valence electrons. The molecule has 0 aliphatic heterocycles. The predicted molar refractivity (Wildman–Crippen MR) is 72.3 cm³/mol. The van der Waals surface area contributed by atoms with E-state index in [2.05, 4.69) is 37.9 Å². The Balaban J connectivity index is 2.27. The van der Waals surface area contributed by atoms with E-state index in [1.807, 2.05) is 12.1 Å². The third-order valence-corrected chi connectivity index (χ3v) is 3.08. The Labute approximate surface area is 105 Å². The average molecular weight is 238 g/mol. The Morgan fingerprint density at radius 2 is 1.94 bits per heavy atom. The first-order valence-corrected chi connectivity index (χ1v) is 6.66. The molecule has 0 saturated heterocycles. The molecule has 1 rings (SSSR count). The van der Waals surface area contributed by atoms with Crippen molar-refractivity contribution >= 4 is 0 Å². The topological polar surface area (TPSA) is 28.4 Å². The lowest BCUT2D eigenvalue weighted by Gasteiger charge is -2.25. The van der Waals surface area contributed by atoms with Crippen molar-refractivity contribution in [3.63, 3.8) is 0 Å². The Hall–Kier alpha value is -0.800. The molecule has 1 N–H and O–H groups in total. The van der Waals surface area contributed by atoms with E-state index < -0.39 is 0 Å². The van der Waals surface area contributed by atoms with Gasteiger partial charge in [-0.05, 0) is 39.1 Å². The summed E-state index contributed by atoms with van der Waals surface area (Å²) in [5.41, 5.74) is 0. The molecule has 1 heterocycles. The van der Waals surface area contributed by atoms with Crippen LogP contribution >= 0.6 is 0 Å². The molecule has 0 aliphatic carbocycles. The molecule has 3 nitrogen and oxygen atoms in total. The molecular formula is C14H26N2O. The number of nitrogens with one attached hydrogen (secondary N) is 1. The Kier molecular flexibility index (Phi) is 6.30. The molecule has 0 aliphatic rings. The minimum atomic E-state index is 0.451. The second kappa shape index (κ2) is 7.51. The van der Waals surface area contributed by atoms with Crippen LogP contribution < -0.4 is 5.32 Å². The smallest absolute Gasteiger partial charge is 0.105 e. The van der Waals surface area contributed by atoms with E-state index in [0.717, 1.165) is 31.8 Å². The maximum Gasteiger partial charge on any atom is 0.105 e. The van der Waals surface area contributed by atoms with E-state index in [9.17, 15) is 0 Å². The van der Waals surface area contributed by atoms with Crippen molar-refractivity contribution in [1.82, 2.24) is 10.2 Å². The molecule has 1 aromatic rings. The molecule has 0 aromatic carbocycles. The number of likely N-dealkylation sites (N-methyl/N-ethyl adjacent to an activating group) is 1. The highest BCUT2D eigenvalue weighted by Crippen LogP contribution is 2.04. The summed E-state index contributed by atoms with van der Waals surface area (Å²) in [5.74, 6) is 1.06. The molecule has 3 heteroatoms. The van der Waals surface area contributed by atoms with E-state index in [4.69, 9.17) is 4.42 Å². The van der Waals surface area contributed by atoms with Crippen LogP contribution in [-0.4, -0.2) is 36.6 Å². The second-order valence-corrected chi connectivity index (χ2v) is 4.74. The summed E-state index contributed by atoms with van der Waals surface area (Å²) in [6.07, 6.45) is 2.69. The van der Waals surface area contributed by atoms with Gasteiger partial charge < -0.3 is 14.6 Å². The number of furan rings is 1. The molecule has 0 fully saturated rings. The maximum absolute atomic E-state index is 5.36. The van der Waals surface area contributed by atoms with E-state index in [-0.39, 0.29) is 0 Å². The number of nitrogens with zero attached hydrogens (tertiary/aromatic N) is 1. The minimum Gasteiger partial charge on any atom is -0.469 e. The molecule has 0 saturated carbocycles. The first-order valence-electron chi connectivity index (χ1n) is 6.66. The normalized spacial score (nSPS) is 15.1. The summed E-state index contributed by atoms with van der Waals surface area (Å²) >= 11 is 0. The van der Waals surface area contributed by atoms with Gasteiger partial charge in [0.2, 0.25) is 0 Å². The van der Waals surface area contributed by atoms with E-state index in [1.54, 1.807) is 6.26 Å². The van der Waals surface area contributed by atoms with Gasteiger partial charge in [-0.3, -0.25) is 0 Å². The van der Waals surface area contributed by atoms with E-state index >= 15 is 0 Å². The summed E-state index contributed by atoms with van der Waals surface area (Å²) in [4.78, 5) is 2.44. The minimum absolute atomic E-state index is 0.451. The fraction of sp³-hybridized carbons (Fsp3) is 0.714. The zero-order chi connectivity index (χ0) is 12.7. The number of hydrogen-bond donors (Lipinski definition) is 1. The highest BCUT2D eigenvalue weighted by atomic mass is 16.3. The van der Waals surface area contributed by atoms with Crippen LogP contribution in [0.3, 0.4) is 0 Å². The number of hydrogen-bond acceptors (Lipinski definition) is 3. The van der Waals surface area contributed by atoms with Crippen molar-refractivity contribution in [2.75, 3.05) is 19.6 Å². The lowest BCUT2D eigenvalue weighted by atomic mass is 10.1. The summed E-state index contributed by atoms with van der Waals surface area (Å²) in [6, 6.07) is 4.95. The van der Waals surface area contributed by atoms with Crippen molar-refractivity contribution < 1.29 is 4.42 Å².